The van der Waals surface area contributed by atoms with E-state index >= 15 is 0 Å². The van der Waals surface area contributed by atoms with Crippen LogP contribution in [0.15, 0.2) is 18.2 Å². The molecule has 1 fully saturated rings. The van der Waals surface area contributed by atoms with Crippen LogP contribution in [0, 0.1) is 11.7 Å². The lowest BCUT2D eigenvalue weighted by Crippen LogP contribution is -2.03. The van der Waals surface area contributed by atoms with Crippen molar-refractivity contribution in [2.75, 3.05) is 5.32 Å². The molecule has 2 nitrogen and oxygen atoms in total. The summed E-state index contributed by atoms with van der Waals surface area (Å²) in [7, 11) is 0. The largest absolute Gasteiger partial charge is 0.358 e. The van der Waals surface area contributed by atoms with Gasteiger partial charge in [0.15, 0.2) is 5.13 Å². The molecule has 17 heavy (non-hydrogen) atoms. The van der Waals surface area contributed by atoms with E-state index in [2.05, 4.69) is 17.2 Å². The van der Waals surface area contributed by atoms with E-state index in [9.17, 15) is 4.39 Å². The SMILES string of the molecule is CCCC1CC1Nc1nc2cc(F)ccc2s1. The third-order valence-corrected chi connectivity index (χ3v) is 4.21. The first-order valence-corrected chi connectivity index (χ1v) is 6.90. The van der Waals surface area contributed by atoms with Gasteiger partial charge in [0.1, 0.15) is 5.82 Å². The maximum Gasteiger partial charge on any atom is 0.184 e. The lowest BCUT2D eigenvalue weighted by atomic mass is 10.2. The molecule has 1 saturated carbocycles. The molecule has 0 bridgehead atoms. The molecule has 1 aliphatic carbocycles. The molecule has 1 N–H and O–H groups in total. The number of nitrogens with zero attached hydrogens (tertiary/aromatic N) is 1. The number of fused-ring (bicyclic) bond motifs is 1. The van der Waals surface area contributed by atoms with E-state index < -0.39 is 0 Å². The Morgan fingerprint density at radius 1 is 1.53 bits per heavy atom. The lowest BCUT2D eigenvalue weighted by molar-refractivity contribution is 0.629. The first-order valence-electron chi connectivity index (χ1n) is 6.09. The number of nitrogens with one attached hydrogen (secondary N) is 1. The molecular weight excluding hydrogens is 235 g/mol. The molecular formula is C13H15FN2S. The minimum Gasteiger partial charge on any atom is -0.358 e. The van der Waals surface area contributed by atoms with Gasteiger partial charge < -0.3 is 5.32 Å². The summed E-state index contributed by atoms with van der Waals surface area (Å²) < 4.78 is 14.1. The minimum atomic E-state index is -0.218. The van der Waals surface area contributed by atoms with Crippen molar-refractivity contribution in [2.24, 2.45) is 5.92 Å². The molecule has 1 aromatic carbocycles. The third kappa shape index (κ3) is 2.27. The van der Waals surface area contributed by atoms with E-state index in [1.807, 2.05) is 0 Å². The van der Waals surface area contributed by atoms with Crippen molar-refractivity contribution < 1.29 is 4.39 Å². The third-order valence-electron chi connectivity index (χ3n) is 3.24. The van der Waals surface area contributed by atoms with Crippen LogP contribution >= 0.6 is 11.3 Å². The quantitative estimate of drug-likeness (QED) is 0.886. The standard InChI is InChI=1S/C13H15FN2S/c1-2-3-8-6-10(8)15-13-16-11-7-9(14)4-5-12(11)17-13/h4-5,7-8,10H,2-3,6H2,1H3,(H,15,16). The number of hydrogen-bond acceptors (Lipinski definition) is 3. The van der Waals surface area contributed by atoms with Crippen LogP contribution in [0.3, 0.4) is 0 Å². The highest BCUT2D eigenvalue weighted by Gasteiger charge is 2.36. The maximum atomic E-state index is 13.0. The molecule has 90 valence electrons. The van der Waals surface area contributed by atoms with E-state index in [1.54, 1.807) is 17.4 Å². The Kier molecular flexibility index (Phi) is 2.74. The van der Waals surface area contributed by atoms with Gasteiger partial charge in [0.2, 0.25) is 0 Å². The van der Waals surface area contributed by atoms with Crippen molar-refractivity contribution in [2.45, 2.75) is 32.2 Å². The van der Waals surface area contributed by atoms with Gasteiger partial charge >= 0.3 is 0 Å². The van der Waals surface area contributed by atoms with Crippen LogP contribution in [0.5, 0.6) is 0 Å². The van der Waals surface area contributed by atoms with E-state index in [-0.39, 0.29) is 5.82 Å². The van der Waals surface area contributed by atoms with Gasteiger partial charge in [-0.2, -0.15) is 0 Å². The predicted molar refractivity (Wildman–Crippen MR) is 70.0 cm³/mol. The molecule has 0 spiro atoms. The molecule has 2 unspecified atom stereocenters. The summed E-state index contributed by atoms with van der Waals surface area (Å²) >= 11 is 1.61. The highest BCUT2D eigenvalue weighted by Crippen LogP contribution is 2.38. The van der Waals surface area contributed by atoms with Crippen molar-refractivity contribution >= 4 is 26.7 Å². The molecule has 1 heterocycles. The molecule has 2 aromatic rings. The Labute approximate surface area is 104 Å². The molecule has 2 atom stereocenters. The fourth-order valence-corrected chi connectivity index (χ4v) is 3.14. The number of benzene rings is 1. The van der Waals surface area contributed by atoms with Crippen molar-refractivity contribution in [3.05, 3.63) is 24.0 Å². The van der Waals surface area contributed by atoms with Gasteiger partial charge in [0, 0.05) is 12.1 Å². The molecule has 1 aliphatic rings. The van der Waals surface area contributed by atoms with Crippen LogP contribution in [-0.2, 0) is 0 Å². The van der Waals surface area contributed by atoms with Gasteiger partial charge in [-0.25, -0.2) is 9.37 Å². The second kappa shape index (κ2) is 4.26. The van der Waals surface area contributed by atoms with Gasteiger partial charge in [0.05, 0.1) is 10.2 Å². The average molecular weight is 250 g/mol. The second-order valence-electron chi connectivity index (χ2n) is 4.67. The summed E-state index contributed by atoms with van der Waals surface area (Å²) in [5.41, 5.74) is 0.755. The number of hydrogen-bond donors (Lipinski definition) is 1. The Morgan fingerprint density at radius 2 is 2.41 bits per heavy atom. The monoisotopic (exact) mass is 250 g/mol. The molecule has 0 aliphatic heterocycles. The van der Waals surface area contributed by atoms with E-state index in [0.717, 1.165) is 21.3 Å². The number of rotatable bonds is 4. The highest BCUT2D eigenvalue weighted by molar-refractivity contribution is 7.22. The highest BCUT2D eigenvalue weighted by atomic mass is 32.1. The van der Waals surface area contributed by atoms with Gasteiger partial charge in [-0.05, 0) is 30.9 Å². The van der Waals surface area contributed by atoms with Crippen LogP contribution in [-0.4, -0.2) is 11.0 Å². The normalized spacial score (nSPS) is 22.9. The van der Waals surface area contributed by atoms with Crippen LogP contribution in [0.1, 0.15) is 26.2 Å². The first-order chi connectivity index (χ1) is 8.26. The average Bonchev–Trinajstić information content (AvgIpc) is 2.88. The van der Waals surface area contributed by atoms with E-state index in [1.165, 1.54) is 31.4 Å². The van der Waals surface area contributed by atoms with E-state index in [4.69, 9.17) is 0 Å². The number of aromatic nitrogens is 1. The topological polar surface area (TPSA) is 24.9 Å². The fourth-order valence-electron chi connectivity index (χ4n) is 2.24. The zero-order valence-electron chi connectivity index (χ0n) is 9.74. The first kappa shape index (κ1) is 11.0. The molecule has 4 heteroatoms. The summed E-state index contributed by atoms with van der Waals surface area (Å²) in [6.07, 6.45) is 3.78. The Balaban J connectivity index is 1.74. The van der Waals surface area contributed by atoms with Crippen LogP contribution in [0.2, 0.25) is 0 Å². The zero-order chi connectivity index (χ0) is 11.8. The van der Waals surface area contributed by atoms with Crippen molar-refractivity contribution in [3.8, 4) is 0 Å². The van der Waals surface area contributed by atoms with Crippen LogP contribution in [0.4, 0.5) is 9.52 Å². The lowest BCUT2D eigenvalue weighted by Gasteiger charge is -1.99. The van der Waals surface area contributed by atoms with Crippen molar-refractivity contribution in [1.29, 1.82) is 0 Å². The van der Waals surface area contributed by atoms with Gasteiger partial charge in [0.25, 0.3) is 0 Å². The Bertz CT molecular complexity index is 537. The predicted octanol–water partition coefficient (Wildman–Crippen LogP) is 4.04. The number of anilines is 1. The van der Waals surface area contributed by atoms with Crippen molar-refractivity contribution in [3.63, 3.8) is 0 Å². The fraction of sp³-hybridized carbons (Fsp3) is 0.462. The van der Waals surface area contributed by atoms with Gasteiger partial charge in [-0.3, -0.25) is 0 Å². The molecule has 3 rings (SSSR count). The van der Waals surface area contributed by atoms with Crippen LogP contribution < -0.4 is 5.32 Å². The summed E-state index contributed by atoms with van der Waals surface area (Å²) in [6.45, 7) is 2.22. The van der Waals surface area contributed by atoms with E-state index in [0.29, 0.717) is 6.04 Å². The summed E-state index contributed by atoms with van der Waals surface area (Å²) in [6, 6.07) is 5.36. The van der Waals surface area contributed by atoms with Crippen LogP contribution in [0.25, 0.3) is 10.2 Å². The number of thiazole rings is 1. The molecule has 1 aromatic heterocycles. The maximum absolute atomic E-state index is 13.0. The molecule has 0 saturated heterocycles. The van der Waals surface area contributed by atoms with Gasteiger partial charge in [-0.15, -0.1) is 0 Å². The summed E-state index contributed by atoms with van der Waals surface area (Å²) in [5, 5.41) is 4.37. The molecule has 0 radical (unpaired) electrons. The molecule has 0 amide bonds. The van der Waals surface area contributed by atoms with Crippen molar-refractivity contribution in [1.82, 2.24) is 4.98 Å². The summed E-state index contributed by atoms with van der Waals surface area (Å²) in [4.78, 5) is 4.42. The zero-order valence-corrected chi connectivity index (χ0v) is 10.6. The van der Waals surface area contributed by atoms with Gasteiger partial charge in [-0.1, -0.05) is 24.7 Å². The second-order valence-corrected chi connectivity index (χ2v) is 5.70. The smallest absolute Gasteiger partial charge is 0.184 e. The Hall–Kier alpha value is -1.16. The minimum absolute atomic E-state index is 0.218. The number of halogens is 1. The Morgan fingerprint density at radius 3 is 3.24 bits per heavy atom. The summed E-state index contributed by atoms with van der Waals surface area (Å²) in [5.74, 6) is 0.591.